The Kier molecular flexibility index (Phi) is 4.55. The Hall–Kier alpha value is -3.92. The van der Waals surface area contributed by atoms with Crippen molar-refractivity contribution in [2.45, 2.75) is 13.8 Å². The van der Waals surface area contributed by atoms with E-state index in [1.54, 1.807) is 29.7 Å². The minimum absolute atomic E-state index is 0.313. The molecule has 1 aromatic carbocycles. The first-order valence-corrected chi connectivity index (χ1v) is 10.4. The quantitative estimate of drug-likeness (QED) is 0.433. The van der Waals surface area contributed by atoms with E-state index in [1.807, 2.05) is 30.5 Å². The van der Waals surface area contributed by atoms with Crippen LogP contribution < -0.4 is 15.8 Å². The Morgan fingerprint density at radius 2 is 2.19 bits per heavy atom. The highest BCUT2D eigenvalue weighted by Crippen LogP contribution is 2.28. The molecule has 9 nitrogen and oxygen atoms in total. The molecule has 0 spiro atoms. The summed E-state index contributed by atoms with van der Waals surface area (Å²) in [5.74, 6) is -0.198. The molecule has 0 aliphatic heterocycles. The summed E-state index contributed by atoms with van der Waals surface area (Å²) in [5, 5.41) is 5.13. The molecule has 5 rings (SSSR count). The van der Waals surface area contributed by atoms with Crippen molar-refractivity contribution in [1.29, 1.82) is 0 Å². The van der Waals surface area contributed by atoms with Crippen LogP contribution >= 0.6 is 11.3 Å². The molecule has 0 aliphatic carbocycles. The van der Waals surface area contributed by atoms with Gasteiger partial charge in [-0.1, -0.05) is 6.07 Å². The van der Waals surface area contributed by atoms with Crippen LogP contribution in [0.25, 0.3) is 28.0 Å². The van der Waals surface area contributed by atoms with E-state index in [2.05, 4.69) is 20.3 Å². The Balaban J connectivity index is 1.44. The number of hydrogen-bond acceptors (Lipinski definition) is 7. The lowest BCUT2D eigenvalue weighted by molar-refractivity contribution is 0.102. The predicted molar refractivity (Wildman–Crippen MR) is 117 cm³/mol. The zero-order valence-corrected chi connectivity index (χ0v) is 17.4. The number of aryl methyl sites for hydroxylation is 1. The van der Waals surface area contributed by atoms with Crippen molar-refractivity contribution >= 4 is 39.1 Å². The van der Waals surface area contributed by atoms with Crippen molar-refractivity contribution in [3.8, 4) is 17.0 Å². The van der Waals surface area contributed by atoms with E-state index >= 15 is 0 Å². The third-order valence-corrected chi connectivity index (χ3v) is 5.50. The number of nitrogens with zero attached hydrogens (tertiary/aromatic N) is 3. The number of aromatic nitrogens is 4. The lowest BCUT2D eigenvalue weighted by Crippen LogP contribution is -2.15. The summed E-state index contributed by atoms with van der Waals surface area (Å²) >= 11 is 1.31. The van der Waals surface area contributed by atoms with Crippen LogP contribution in [0.5, 0.6) is 5.75 Å². The molecule has 4 heterocycles. The number of oxazole rings is 1. The van der Waals surface area contributed by atoms with E-state index in [4.69, 9.17) is 9.15 Å². The van der Waals surface area contributed by atoms with Gasteiger partial charge >= 0.3 is 5.76 Å². The number of fused-ring (bicyclic) bond motifs is 2. The number of aromatic amines is 1. The van der Waals surface area contributed by atoms with Crippen LogP contribution in [0.2, 0.25) is 0 Å². The van der Waals surface area contributed by atoms with Crippen molar-refractivity contribution in [3.63, 3.8) is 0 Å². The fourth-order valence-electron chi connectivity index (χ4n) is 3.42. The maximum Gasteiger partial charge on any atom is 0.417 e. The number of imidazole rings is 1. The van der Waals surface area contributed by atoms with E-state index < -0.39 is 5.76 Å². The van der Waals surface area contributed by atoms with Crippen LogP contribution in [0, 0.1) is 6.92 Å². The molecule has 156 valence electrons. The van der Waals surface area contributed by atoms with Crippen LogP contribution in [0.4, 0.5) is 5.13 Å². The summed E-state index contributed by atoms with van der Waals surface area (Å²) < 4.78 is 12.4. The van der Waals surface area contributed by atoms with Gasteiger partial charge in [-0.2, -0.15) is 0 Å². The second-order valence-corrected chi connectivity index (χ2v) is 7.62. The van der Waals surface area contributed by atoms with Crippen molar-refractivity contribution in [1.82, 2.24) is 19.4 Å². The van der Waals surface area contributed by atoms with Crippen LogP contribution in [0.3, 0.4) is 0 Å². The molecular weight excluding hydrogens is 418 g/mol. The van der Waals surface area contributed by atoms with Gasteiger partial charge < -0.3 is 9.15 Å². The number of amides is 1. The number of H-pyrrole nitrogens is 1. The zero-order chi connectivity index (χ0) is 21.5. The molecule has 0 fully saturated rings. The number of carbonyl (C=O) groups is 1. The minimum atomic E-state index is -0.505. The van der Waals surface area contributed by atoms with E-state index in [0.29, 0.717) is 51.3 Å². The Morgan fingerprint density at radius 1 is 1.32 bits per heavy atom. The molecule has 10 heteroatoms. The number of benzene rings is 1. The highest BCUT2D eigenvalue weighted by atomic mass is 32.1. The third-order valence-electron chi connectivity index (χ3n) is 4.74. The van der Waals surface area contributed by atoms with Gasteiger partial charge in [-0.05, 0) is 38.1 Å². The summed E-state index contributed by atoms with van der Waals surface area (Å²) in [6, 6.07) is 8.96. The van der Waals surface area contributed by atoms with Crippen molar-refractivity contribution in [2.24, 2.45) is 0 Å². The van der Waals surface area contributed by atoms with Crippen molar-refractivity contribution in [3.05, 3.63) is 63.8 Å². The molecule has 0 atom stereocenters. The number of thiazole rings is 1. The van der Waals surface area contributed by atoms with E-state index in [1.165, 1.54) is 11.3 Å². The van der Waals surface area contributed by atoms with Crippen molar-refractivity contribution in [2.75, 3.05) is 11.9 Å². The Morgan fingerprint density at radius 3 is 3.03 bits per heavy atom. The molecule has 0 radical (unpaired) electrons. The summed E-state index contributed by atoms with van der Waals surface area (Å²) in [6.45, 7) is 4.19. The largest absolute Gasteiger partial charge is 0.490 e. The van der Waals surface area contributed by atoms with Gasteiger partial charge in [0, 0.05) is 17.1 Å². The van der Waals surface area contributed by atoms with Gasteiger partial charge in [0.05, 0.1) is 23.5 Å². The number of anilines is 1. The molecule has 1 amide bonds. The predicted octanol–water partition coefficient (Wildman–Crippen LogP) is 3.85. The summed E-state index contributed by atoms with van der Waals surface area (Å²) in [7, 11) is 0. The molecular formula is C21H17N5O4S. The van der Waals surface area contributed by atoms with Gasteiger partial charge in [0.2, 0.25) is 0 Å². The Labute approximate surface area is 179 Å². The van der Waals surface area contributed by atoms with Gasteiger partial charge in [-0.3, -0.25) is 19.5 Å². The second-order valence-electron chi connectivity index (χ2n) is 6.76. The summed E-state index contributed by atoms with van der Waals surface area (Å²) in [6.07, 6.45) is 1.78. The second kappa shape index (κ2) is 7.40. The first kappa shape index (κ1) is 19.1. The molecule has 5 aromatic rings. The fourth-order valence-corrected chi connectivity index (χ4v) is 4.14. The average Bonchev–Trinajstić information content (AvgIpc) is 3.43. The molecule has 0 unspecified atom stereocenters. The molecule has 4 aromatic heterocycles. The van der Waals surface area contributed by atoms with Gasteiger partial charge in [0.15, 0.2) is 22.1 Å². The zero-order valence-electron chi connectivity index (χ0n) is 16.6. The minimum Gasteiger partial charge on any atom is -0.490 e. The molecule has 2 N–H and O–H groups in total. The smallest absolute Gasteiger partial charge is 0.417 e. The van der Waals surface area contributed by atoms with Gasteiger partial charge in [0.1, 0.15) is 5.69 Å². The summed E-state index contributed by atoms with van der Waals surface area (Å²) in [4.78, 5) is 36.0. The SMILES string of the molecule is CCOc1cccn2c(C(=O)Nc3nc(-c4ccc5[nH]c(=O)oc5c4)cs3)c(C)nc12. The standard InChI is InChI=1S/C21H17N5O4S/c1-3-29-15-5-4-8-26-17(11(2)22-18(15)26)19(27)25-20-23-14(10-31-20)12-6-7-13-16(9-12)30-21(28)24-13/h4-10H,3H2,1-2H3,(H,24,28)(H,23,25,27). The fraction of sp³-hybridized carbons (Fsp3) is 0.143. The van der Waals surface area contributed by atoms with E-state index in [0.717, 1.165) is 5.56 Å². The number of hydrogen-bond donors (Lipinski definition) is 2. The molecule has 0 saturated carbocycles. The van der Waals surface area contributed by atoms with Crippen LogP contribution in [0.1, 0.15) is 23.1 Å². The third kappa shape index (κ3) is 3.36. The maximum absolute atomic E-state index is 13.0. The topological polar surface area (TPSA) is 115 Å². The first-order valence-electron chi connectivity index (χ1n) is 9.54. The van der Waals surface area contributed by atoms with Gasteiger partial charge in [0.25, 0.3) is 5.91 Å². The summed E-state index contributed by atoms with van der Waals surface area (Å²) in [5.41, 5.74) is 4.12. The normalized spacial score (nSPS) is 11.3. The van der Waals surface area contributed by atoms with E-state index in [-0.39, 0.29) is 5.91 Å². The average molecular weight is 435 g/mol. The number of carbonyl (C=O) groups excluding carboxylic acids is 1. The van der Waals surface area contributed by atoms with Gasteiger partial charge in [-0.25, -0.2) is 14.8 Å². The van der Waals surface area contributed by atoms with Gasteiger partial charge in [-0.15, -0.1) is 11.3 Å². The van der Waals surface area contributed by atoms with Crippen LogP contribution in [0.15, 0.2) is 51.1 Å². The molecule has 0 bridgehead atoms. The Bertz CT molecular complexity index is 1490. The molecule has 31 heavy (non-hydrogen) atoms. The number of nitrogens with one attached hydrogen (secondary N) is 2. The van der Waals surface area contributed by atoms with E-state index in [9.17, 15) is 9.59 Å². The molecule has 0 aliphatic rings. The lowest BCUT2D eigenvalue weighted by Gasteiger charge is -2.06. The van der Waals surface area contributed by atoms with Crippen LogP contribution in [-0.4, -0.2) is 31.9 Å². The van der Waals surface area contributed by atoms with Crippen LogP contribution in [-0.2, 0) is 0 Å². The molecule has 0 saturated heterocycles. The number of ether oxygens (including phenoxy) is 1. The number of rotatable bonds is 5. The highest BCUT2D eigenvalue weighted by Gasteiger charge is 2.20. The monoisotopic (exact) mass is 435 g/mol. The highest BCUT2D eigenvalue weighted by molar-refractivity contribution is 7.14. The number of pyridine rings is 1. The van der Waals surface area contributed by atoms with Crippen molar-refractivity contribution < 1.29 is 13.9 Å². The lowest BCUT2D eigenvalue weighted by atomic mass is 10.1. The first-order chi connectivity index (χ1) is 15.0. The maximum atomic E-state index is 13.0.